The third-order valence-corrected chi connectivity index (χ3v) is 16.6. The van der Waals surface area contributed by atoms with Crippen LogP contribution < -0.4 is 16.2 Å². The number of fused-ring (bicyclic) bond motifs is 15. The maximum atomic E-state index is 6.94. The highest BCUT2D eigenvalue weighted by molar-refractivity contribution is 6.73. The first-order valence-electron chi connectivity index (χ1n) is 24.5. The number of para-hydroxylation sites is 1. The van der Waals surface area contributed by atoms with E-state index < -0.39 is 0 Å². The molecule has 0 bridgehead atoms. The lowest BCUT2D eigenvalue weighted by atomic mass is 9.59. The maximum Gasteiger partial charge on any atom is 0.197 e. The number of benzene rings is 8. The van der Waals surface area contributed by atoms with Crippen molar-refractivity contribution in [3.05, 3.63) is 161 Å². The van der Waals surface area contributed by atoms with Crippen LogP contribution in [0.15, 0.2) is 142 Å². The minimum absolute atomic E-state index is 0.0510. The second-order valence-corrected chi connectivity index (χ2v) is 23.1. The van der Waals surface area contributed by atoms with Crippen LogP contribution >= 0.6 is 0 Å². The highest BCUT2D eigenvalue weighted by atomic mass is 16.3. The Morgan fingerprint density at radius 1 is 0.515 bits per heavy atom. The minimum Gasteiger partial charge on any atom is -0.456 e. The van der Waals surface area contributed by atoms with E-state index in [0.29, 0.717) is 0 Å². The van der Waals surface area contributed by atoms with E-state index in [1.165, 1.54) is 82.6 Å². The Labute approximate surface area is 398 Å². The smallest absolute Gasteiger partial charge is 0.197 e. The minimum atomic E-state index is -0.143. The predicted octanol–water partition coefficient (Wildman–Crippen LogP) is 15.9. The number of furan rings is 2. The Kier molecular flexibility index (Phi) is 7.77. The highest BCUT2D eigenvalue weighted by Crippen LogP contribution is 2.53. The molecule has 1 N–H and O–H groups in total. The summed E-state index contributed by atoms with van der Waals surface area (Å²) in [4.78, 5) is 0. The molecule has 0 unspecified atom stereocenters. The molecular weight excluding hydrogens is 828 g/mol. The fourth-order valence-corrected chi connectivity index (χ4v) is 12.6. The molecule has 2 aliphatic carbocycles. The molecular formula is C63H54BN2O2. The lowest BCUT2D eigenvalue weighted by Crippen LogP contribution is -2.37. The van der Waals surface area contributed by atoms with Crippen molar-refractivity contribution >= 4 is 95.3 Å². The first-order chi connectivity index (χ1) is 32.5. The van der Waals surface area contributed by atoms with Gasteiger partial charge in [0.2, 0.25) is 0 Å². The molecule has 1 radical (unpaired) electrons. The topological polar surface area (TPSA) is 43.2 Å². The Balaban J connectivity index is 1.06. The third-order valence-electron chi connectivity index (χ3n) is 16.6. The average molecular weight is 882 g/mol. The number of nitrogens with one attached hydrogen (secondary N) is 1. The molecule has 1 aliphatic heterocycles. The third kappa shape index (κ3) is 5.45. The van der Waals surface area contributed by atoms with Gasteiger partial charge in [0.15, 0.2) is 7.28 Å². The zero-order valence-electron chi connectivity index (χ0n) is 40.5. The molecule has 4 heterocycles. The first-order valence-corrected chi connectivity index (χ1v) is 24.5. The van der Waals surface area contributed by atoms with Gasteiger partial charge in [-0.1, -0.05) is 141 Å². The van der Waals surface area contributed by atoms with E-state index in [4.69, 9.17) is 8.83 Å². The number of anilines is 2. The van der Waals surface area contributed by atoms with Gasteiger partial charge in [-0.05, 0) is 128 Å². The molecule has 0 amide bonds. The van der Waals surface area contributed by atoms with Gasteiger partial charge in [-0.2, -0.15) is 0 Å². The van der Waals surface area contributed by atoms with Crippen molar-refractivity contribution in [2.24, 2.45) is 0 Å². The van der Waals surface area contributed by atoms with Crippen molar-refractivity contribution in [3.63, 3.8) is 0 Å². The van der Waals surface area contributed by atoms with Crippen LogP contribution in [0.25, 0.3) is 93.6 Å². The largest absolute Gasteiger partial charge is 0.456 e. The zero-order chi connectivity index (χ0) is 46.4. The fraction of sp³-hybridized carbons (Fsp3) is 0.238. The second kappa shape index (κ2) is 13.2. The molecule has 11 aromatic rings. The predicted molar refractivity (Wildman–Crippen MR) is 287 cm³/mol. The van der Waals surface area contributed by atoms with Crippen LogP contribution in [-0.4, -0.2) is 11.8 Å². The fourth-order valence-electron chi connectivity index (χ4n) is 12.6. The summed E-state index contributed by atoms with van der Waals surface area (Å²) in [5.41, 5.74) is 23.6. The van der Waals surface area contributed by atoms with E-state index >= 15 is 0 Å². The van der Waals surface area contributed by atoms with Crippen LogP contribution in [0.4, 0.5) is 11.4 Å². The van der Waals surface area contributed by atoms with Crippen molar-refractivity contribution in [1.29, 1.82) is 0 Å². The summed E-state index contributed by atoms with van der Waals surface area (Å²) in [5, 5.41) is 11.0. The average Bonchev–Trinajstić information content (AvgIpc) is 4.02. The van der Waals surface area contributed by atoms with E-state index in [1.807, 2.05) is 0 Å². The number of hydrogen-bond acceptors (Lipinski definition) is 3. The van der Waals surface area contributed by atoms with E-state index in [2.05, 4.69) is 213 Å². The summed E-state index contributed by atoms with van der Waals surface area (Å²) in [6.07, 6.45) is 2.31. The van der Waals surface area contributed by atoms with Crippen molar-refractivity contribution in [3.8, 4) is 27.9 Å². The van der Waals surface area contributed by atoms with E-state index in [1.54, 1.807) is 0 Å². The van der Waals surface area contributed by atoms with Crippen molar-refractivity contribution in [2.45, 2.75) is 96.8 Å². The molecule has 4 nitrogen and oxygen atoms in total. The Morgan fingerprint density at radius 2 is 1.18 bits per heavy atom. The van der Waals surface area contributed by atoms with Gasteiger partial charge in [0.05, 0.1) is 11.2 Å². The first kappa shape index (κ1) is 40.1. The lowest BCUT2D eigenvalue weighted by Gasteiger charge is -2.41. The Morgan fingerprint density at radius 3 is 1.97 bits per heavy atom. The van der Waals surface area contributed by atoms with Crippen molar-refractivity contribution < 1.29 is 8.83 Å². The molecule has 3 aromatic heterocycles. The standard InChI is InChI=1S/C63H54BN2O2/c1-60(2,3)34-18-20-35(21-19-34)65-51-32-56-43(44-28-48-49(31-55(44)68-56)62(6,7)25-24-61(48,4)5)27-41(51)38-22-23-39-42-26-40-36-14-10-12-16-46(36)63(8,9)47(40)30-52(42)66-53-33-57-45(29-50(53)64-58(38)59(39)66)37-15-11-13-17-54(37)67-57/h10-23,26-33,65H,24-25H2,1-9H3. The van der Waals surface area contributed by atoms with Crippen molar-refractivity contribution in [1.82, 2.24) is 4.57 Å². The van der Waals surface area contributed by atoms with E-state index in [9.17, 15) is 0 Å². The number of nitrogens with zero attached hydrogens (tertiary/aromatic N) is 1. The van der Waals surface area contributed by atoms with Crippen molar-refractivity contribution in [2.75, 3.05) is 5.32 Å². The molecule has 0 spiro atoms. The van der Waals surface area contributed by atoms with Gasteiger partial charge in [0, 0.05) is 72.3 Å². The van der Waals surface area contributed by atoms with Gasteiger partial charge in [-0.3, -0.25) is 0 Å². The van der Waals surface area contributed by atoms with E-state index in [0.717, 1.165) is 74.0 Å². The molecule has 0 atom stereocenters. The number of aromatic nitrogens is 1. The van der Waals surface area contributed by atoms with Gasteiger partial charge in [-0.25, -0.2) is 0 Å². The molecule has 0 saturated heterocycles. The highest BCUT2D eigenvalue weighted by Gasteiger charge is 2.39. The van der Waals surface area contributed by atoms with Crippen LogP contribution in [0.1, 0.15) is 103 Å². The van der Waals surface area contributed by atoms with Gasteiger partial charge >= 0.3 is 0 Å². The molecule has 68 heavy (non-hydrogen) atoms. The molecule has 5 heteroatoms. The number of rotatable bonds is 3. The number of hydrogen-bond donors (Lipinski definition) is 1. The van der Waals surface area contributed by atoms with Crippen LogP contribution in [0, 0.1) is 0 Å². The van der Waals surface area contributed by atoms with Crippen LogP contribution in [0.5, 0.6) is 0 Å². The molecule has 3 aliphatic rings. The molecule has 331 valence electrons. The van der Waals surface area contributed by atoms with Gasteiger partial charge in [0.1, 0.15) is 22.3 Å². The van der Waals surface area contributed by atoms with Crippen LogP contribution in [-0.2, 0) is 21.7 Å². The molecule has 0 fully saturated rings. The maximum absolute atomic E-state index is 6.94. The monoisotopic (exact) mass is 881 g/mol. The quantitative estimate of drug-likeness (QED) is 0.180. The summed E-state index contributed by atoms with van der Waals surface area (Å²) in [5.74, 6) is 0. The summed E-state index contributed by atoms with van der Waals surface area (Å²) < 4.78 is 16.1. The SMILES string of the molecule is CC(C)(C)c1ccc(Nc2cc3oc4cc5c(cc4c3cc2-c2ccc3c4cc6c(cc4n4c3c2[B]c2cc3c(cc2-4)oc2ccccc23)C(C)(C)c2ccccc2-6)C(C)(C)CCC5(C)C)cc1. The Hall–Kier alpha value is -6.98. The van der Waals surface area contributed by atoms with E-state index in [-0.39, 0.29) is 21.7 Å². The summed E-state index contributed by atoms with van der Waals surface area (Å²) >= 11 is 0. The van der Waals surface area contributed by atoms with Gasteiger partial charge < -0.3 is 18.7 Å². The lowest BCUT2D eigenvalue weighted by molar-refractivity contribution is 0.332. The molecule has 14 rings (SSSR count). The normalized spacial score (nSPS) is 16.4. The second-order valence-electron chi connectivity index (χ2n) is 23.1. The van der Waals surface area contributed by atoms with Gasteiger partial charge in [-0.15, -0.1) is 0 Å². The summed E-state index contributed by atoms with van der Waals surface area (Å²) in [6.45, 7) is 21.2. The summed E-state index contributed by atoms with van der Waals surface area (Å²) in [7, 11) is 2.45. The molecule has 8 aromatic carbocycles. The zero-order valence-corrected chi connectivity index (χ0v) is 40.5. The van der Waals surface area contributed by atoms with Crippen LogP contribution in [0.3, 0.4) is 0 Å². The summed E-state index contributed by atoms with van der Waals surface area (Å²) in [6, 6.07) is 50.2. The molecule has 0 saturated carbocycles. The Bertz CT molecular complexity index is 4030. The van der Waals surface area contributed by atoms with Crippen LogP contribution in [0.2, 0.25) is 0 Å². The van der Waals surface area contributed by atoms with Gasteiger partial charge in [0.25, 0.3) is 0 Å².